The molecule has 166 valence electrons. The molecule has 1 amide bonds. The van der Waals surface area contributed by atoms with E-state index in [-0.39, 0.29) is 11.5 Å². The number of hydrogen-bond acceptors (Lipinski definition) is 4. The molecule has 32 heavy (non-hydrogen) atoms. The second-order valence-corrected chi connectivity index (χ2v) is 7.00. The number of halogens is 3. The van der Waals surface area contributed by atoms with Gasteiger partial charge in [-0.05, 0) is 63.2 Å². The first-order valence-electron chi connectivity index (χ1n) is 9.62. The molecular formula is C23H20F3N3O3. The Bertz CT molecular complexity index is 1190. The molecule has 0 aliphatic carbocycles. The Labute approximate surface area is 182 Å². The maximum atomic E-state index is 13.7. The third-order valence-electron chi connectivity index (χ3n) is 4.65. The summed E-state index contributed by atoms with van der Waals surface area (Å²) in [6.45, 7) is 4.85. The minimum Gasteiger partial charge on any atom is -0.449 e. The third-order valence-corrected chi connectivity index (χ3v) is 4.65. The topological polar surface area (TPSA) is 73.2 Å². The molecule has 1 N–H and O–H groups in total. The van der Waals surface area contributed by atoms with E-state index in [1.54, 1.807) is 30.7 Å². The van der Waals surface area contributed by atoms with Gasteiger partial charge in [-0.15, -0.1) is 0 Å². The van der Waals surface area contributed by atoms with Gasteiger partial charge in [0.25, 0.3) is 5.91 Å². The molecule has 3 rings (SSSR count). The summed E-state index contributed by atoms with van der Waals surface area (Å²) in [7, 11) is 0. The van der Waals surface area contributed by atoms with Gasteiger partial charge in [0, 0.05) is 23.4 Å². The smallest absolute Gasteiger partial charge is 0.331 e. The first kappa shape index (κ1) is 22.8. The number of anilines is 1. The molecule has 0 spiro atoms. The lowest BCUT2D eigenvalue weighted by Crippen LogP contribution is -2.29. The van der Waals surface area contributed by atoms with Gasteiger partial charge < -0.3 is 10.1 Å². The summed E-state index contributed by atoms with van der Waals surface area (Å²) in [5, 5.41) is 6.58. The van der Waals surface area contributed by atoms with E-state index in [1.165, 1.54) is 25.1 Å². The van der Waals surface area contributed by atoms with Crippen molar-refractivity contribution in [3.8, 4) is 5.69 Å². The van der Waals surface area contributed by atoms with E-state index in [9.17, 15) is 22.8 Å². The molecule has 0 saturated heterocycles. The highest BCUT2D eigenvalue weighted by molar-refractivity contribution is 5.96. The summed E-state index contributed by atoms with van der Waals surface area (Å²) in [4.78, 5) is 24.3. The van der Waals surface area contributed by atoms with E-state index in [0.29, 0.717) is 22.6 Å². The summed E-state index contributed by atoms with van der Waals surface area (Å²) in [6, 6.07) is 8.42. The zero-order chi connectivity index (χ0) is 23.4. The molecule has 0 fully saturated rings. The summed E-state index contributed by atoms with van der Waals surface area (Å²) < 4.78 is 46.7. The molecule has 1 aromatic heterocycles. The largest absolute Gasteiger partial charge is 0.449 e. The van der Waals surface area contributed by atoms with E-state index < -0.39 is 29.6 Å². The van der Waals surface area contributed by atoms with Crippen molar-refractivity contribution in [3.63, 3.8) is 0 Å². The minimum atomic E-state index is -1.25. The van der Waals surface area contributed by atoms with Crippen LogP contribution in [0.5, 0.6) is 0 Å². The number of aromatic nitrogens is 2. The molecule has 1 unspecified atom stereocenters. The molecule has 3 aromatic rings. The van der Waals surface area contributed by atoms with Gasteiger partial charge in [0.15, 0.2) is 6.10 Å². The highest BCUT2D eigenvalue weighted by Gasteiger charge is 2.19. The highest BCUT2D eigenvalue weighted by atomic mass is 19.1. The van der Waals surface area contributed by atoms with Crippen molar-refractivity contribution >= 4 is 23.6 Å². The third kappa shape index (κ3) is 5.23. The second kappa shape index (κ2) is 9.51. The number of rotatable bonds is 6. The van der Waals surface area contributed by atoms with Gasteiger partial charge in [-0.2, -0.15) is 5.10 Å². The van der Waals surface area contributed by atoms with E-state index in [0.717, 1.165) is 24.3 Å². The predicted octanol–water partition coefficient (Wildman–Crippen LogP) is 4.49. The van der Waals surface area contributed by atoms with Crippen molar-refractivity contribution in [1.82, 2.24) is 9.78 Å². The number of ether oxygens (including phenoxy) is 1. The van der Waals surface area contributed by atoms with Gasteiger partial charge in [-0.3, -0.25) is 4.79 Å². The van der Waals surface area contributed by atoms with Crippen LogP contribution in [0.4, 0.5) is 18.9 Å². The van der Waals surface area contributed by atoms with Gasteiger partial charge in [0.2, 0.25) is 0 Å². The minimum absolute atomic E-state index is 0.354. The van der Waals surface area contributed by atoms with E-state index in [4.69, 9.17) is 4.74 Å². The zero-order valence-corrected chi connectivity index (χ0v) is 17.5. The van der Waals surface area contributed by atoms with Crippen molar-refractivity contribution in [1.29, 1.82) is 0 Å². The lowest BCUT2D eigenvalue weighted by molar-refractivity contribution is -0.148. The number of aryl methyl sites for hydroxylation is 1. The van der Waals surface area contributed by atoms with Crippen LogP contribution >= 0.6 is 0 Å². The Balaban J connectivity index is 1.66. The SMILES string of the molecule is Cc1nn(-c2ccc(F)cc2)c(C)c1/C=C/C(=O)OC(C)C(=O)Nc1cc(F)ccc1F. The molecule has 0 radical (unpaired) electrons. The van der Waals surface area contributed by atoms with Crippen LogP contribution in [0.1, 0.15) is 23.9 Å². The molecule has 0 aliphatic heterocycles. The van der Waals surface area contributed by atoms with Crippen molar-refractivity contribution in [2.75, 3.05) is 5.32 Å². The molecule has 1 atom stereocenters. The molecule has 0 saturated carbocycles. The van der Waals surface area contributed by atoms with E-state index in [1.807, 2.05) is 0 Å². The average molecular weight is 443 g/mol. The predicted molar refractivity (Wildman–Crippen MR) is 113 cm³/mol. The summed E-state index contributed by atoms with van der Waals surface area (Å²) in [5.74, 6) is -3.52. The number of amides is 1. The standard InChI is InChI=1S/C23H20F3N3O3/c1-13-19(14(2)29(28-13)18-7-4-16(24)5-8-18)9-11-22(30)32-15(3)23(31)27-21-12-17(25)6-10-20(21)26/h4-12,15H,1-3H3,(H,27,31)/b11-9+. The maximum Gasteiger partial charge on any atom is 0.331 e. The van der Waals surface area contributed by atoms with Crippen LogP contribution in [-0.2, 0) is 14.3 Å². The lowest BCUT2D eigenvalue weighted by atomic mass is 10.2. The van der Waals surface area contributed by atoms with Crippen molar-refractivity contribution in [2.45, 2.75) is 26.9 Å². The molecule has 1 heterocycles. The monoisotopic (exact) mass is 443 g/mol. The number of hydrogen-bond donors (Lipinski definition) is 1. The number of carbonyl (C=O) groups is 2. The molecule has 0 aliphatic rings. The van der Waals surface area contributed by atoms with Gasteiger partial charge in [0.1, 0.15) is 17.5 Å². The van der Waals surface area contributed by atoms with Gasteiger partial charge in [-0.25, -0.2) is 22.6 Å². The van der Waals surface area contributed by atoms with Crippen LogP contribution in [0.25, 0.3) is 11.8 Å². The molecule has 2 aromatic carbocycles. The quantitative estimate of drug-likeness (QED) is 0.450. The highest BCUT2D eigenvalue weighted by Crippen LogP contribution is 2.20. The van der Waals surface area contributed by atoms with Gasteiger partial charge in [0.05, 0.1) is 17.1 Å². The van der Waals surface area contributed by atoms with Crippen LogP contribution in [0.15, 0.2) is 48.5 Å². The van der Waals surface area contributed by atoms with Crippen LogP contribution in [0.3, 0.4) is 0 Å². The number of esters is 1. The zero-order valence-electron chi connectivity index (χ0n) is 17.5. The van der Waals surface area contributed by atoms with Crippen molar-refractivity contribution in [2.24, 2.45) is 0 Å². The van der Waals surface area contributed by atoms with Crippen LogP contribution < -0.4 is 5.32 Å². The number of carbonyl (C=O) groups excluding carboxylic acids is 2. The Hall–Kier alpha value is -3.88. The molecular weight excluding hydrogens is 423 g/mol. The van der Waals surface area contributed by atoms with Crippen LogP contribution in [0.2, 0.25) is 0 Å². The molecule has 6 nitrogen and oxygen atoms in total. The fraction of sp³-hybridized carbons (Fsp3) is 0.174. The van der Waals surface area contributed by atoms with Crippen LogP contribution in [-0.4, -0.2) is 27.8 Å². The second-order valence-electron chi connectivity index (χ2n) is 7.00. The summed E-state index contributed by atoms with van der Waals surface area (Å²) in [6.07, 6.45) is 1.38. The fourth-order valence-electron chi connectivity index (χ4n) is 2.98. The molecule has 9 heteroatoms. The first-order chi connectivity index (χ1) is 15.2. The number of benzene rings is 2. The number of nitrogens with zero attached hydrogens (tertiary/aromatic N) is 2. The van der Waals surface area contributed by atoms with Gasteiger partial charge >= 0.3 is 5.97 Å². The fourth-order valence-corrected chi connectivity index (χ4v) is 2.98. The van der Waals surface area contributed by atoms with Crippen LogP contribution in [0, 0.1) is 31.3 Å². The normalized spacial score (nSPS) is 12.1. The summed E-state index contributed by atoms with van der Waals surface area (Å²) >= 11 is 0. The Morgan fingerprint density at radius 3 is 2.41 bits per heavy atom. The first-order valence-corrected chi connectivity index (χ1v) is 9.62. The Morgan fingerprint density at radius 2 is 1.72 bits per heavy atom. The van der Waals surface area contributed by atoms with E-state index >= 15 is 0 Å². The van der Waals surface area contributed by atoms with E-state index in [2.05, 4.69) is 10.4 Å². The maximum absolute atomic E-state index is 13.7. The number of nitrogens with one attached hydrogen (secondary N) is 1. The van der Waals surface area contributed by atoms with Crippen molar-refractivity contribution in [3.05, 3.63) is 82.9 Å². The van der Waals surface area contributed by atoms with Gasteiger partial charge in [-0.1, -0.05) is 0 Å². The lowest BCUT2D eigenvalue weighted by Gasteiger charge is -2.13. The average Bonchev–Trinajstić information content (AvgIpc) is 3.03. The Kier molecular flexibility index (Phi) is 6.77. The summed E-state index contributed by atoms with van der Waals surface area (Å²) in [5.41, 5.74) is 2.30. The van der Waals surface area contributed by atoms with Crippen molar-refractivity contribution < 1.29 is 27.5 Å². The molecule has 0 bridgehead atoms. The Morgan fingerprint density at radius 1 is 1.06 bits per heavy atom.